The van der Waals surface area contributed by atoms with E-state index in [1.807, 2.05) is 31.2 Å². The Labute approximate surface area is 144 Å². The normalized spacial score (nSPS) is 19.9. The second kappa shape index (κ2) is 5.84. The standard InChI is InChI=1S/C20H16FNO3/c1-12-3-2-4-13(9-12)16-10-18(23)22(15-7-5-14(21)6-8-15)17-11-25-20(24)19(16)17/h2-9,16H,10-11H2,1H3. The SMILES string of the molecule is Cc1cccc(C2CC(=O)N(c3ccc(F)cc3)C3=C2C(=O)OC3)c1. The Balaban J connectivity index is 1.83. The van der Waals surface area contributed by atoms with Crippen molar-refractivity contribution in [2.75, 3.05) is 11.5 Å². The third kappa shape index (κ3) is 2.61. The van der Waals surface area contributed by atoms with Gasteiger partial charge in [0.05, 0.1) is 11.3 Å². The topological polar surface area (TPSA) is 46.6 Å². The number of carbonyl (C=O) groups excluding carboxylic acids is 2. The molecule has 25 heavy (non-hydrogen) atoms. The lowest BCUT2D eigenvalue weighted by atomic mass is 9.83. The summed E-state index contributed by atoms with van der Waals surface area (Å²) in [7, 11) is 0. The third-order valence-corrected chi connectivity index (χ3v) is 4.65. The molecule has 4 rings (SSSR count). The number of nitrogens with zero attached hydrogens (tertiary/aromatic N) is 1. The molecule has 0 spiro atoms. The van der Waals surface area contributed by atoms with Gasteiger partial charge >= 0.3 is 5.97 Å². The van der Waals surface area contributed by atoms with Crippen LogP contribution in [0, 0.1) is 12.7 Å². The molecule has 1 unspecified atom stereocenters. The van der Waals surface area contributed by atoms with Crippen LogP contribution >= 0.6 is 0 Å². The molecule has 2 aromatic rings. The minimum absolute atomic E-state index is 0.0552. The van der Waals surface area contributed by atoms with E-state index in [9.17, 15) is 14.0 Å². The summed E-state index contributed by atoms with van der Waals surface area (Å²) in [6.45, 7) is 2.03. The van der Waals surface area contributed by atoms with Gasteiger partial charge in [-0.15, -0.1) is 0 Å². The van der Waals surface area contributed by atoms with Crippen molar-refractivity contribution in [3.63, 3.8) is 0 Å². The Morgan fingerprint density at radius 2 is 1.88 bits per heavy atom. The number of carbonyl (C=O) groups is 2. The van der Waals surface area contributed by atoms with Gasteiger partial charge in [-0.1, -0.05) is 29.8 Å². The Morgan fingerprint density at radius 3 is 2.60 bits per heavy atom. The Morgan fingerprint density at radius 1 is 1.12 bits per heavy atom. The highest BCUT2D eigenvalue weighted by atomic mass is 19.1. The van der Waals surface area contributed by atoms with Crippen LogP contribution in [0.5, 0.6) is 0 Å². The van der Waals surface area contributed by atoms with Crippen LogP contribution in [0.25, 0.3) is 0 Å². The number of hydrogen-bond acceptors (Lipinski definition) is 3. The van der Waals surface area contributed by atoms with E-state index in [4.69, 9.17) is 4.74 Å². The smallest absolute Gasteiger partial charge is 0.336 e. The Hall–Kier alpha value is -2.95. The Bertz CT molecular complexity index is 901. The minimum Gasteiger partial charge on any atom is -0.456 e. The molecule has 0 aromatic heterocycles. The van der Waals surface area contributed by atoms with E-state index in [0.29, 0.717) is 17.0 Å². The summed E-state index contributed by atoms with van der Waals surface area (Å²) in [5.41, 5.74) is 3.62. The number of amides is 1. The van der Waals surface area contributed by atoms with Gasteiger partial charge in [-0.2, -0.15) is 0 Å². The van der Waals surface area contributed by atoms with Crippen LogP contribution in [-0.4, -0.2) is 18.5 Å². The average molecular weight is 337 g/mol. The molecule has 4 nitrogen and oxygen atoms in total. The fraction of sp³-hybridized carbons (Fsp3) is 0.200. The molecule has 0 saturated carbocycles. The monoisotopic (exact) mass is 337 g/mol. The third-order valence-electron chi connectivity index (χ3n) is 4.65. The van der Waals surface area contributed by atoms with E-state index < -0.39 is 0 Å². The summed E-state index contributed by atoms with van der Waals surface area (Å²) in [4.78, 5) is 26.6. The van der Waals surface area contributed by atoms with Crippen molar-refractivity contribution in [3.05, 3.63) is 76.7 Å². The number of esters is 1. The lowest BCUT2D eigenvalue weighted by molar-refractivity contribution is -0.136. The molecular formula is C20H16FNO3. The van der Waals surface area contributed by atoms with Crippen molar-refractivity contribution in [1.29, 1.82) is 0 Å². The molecule has 1 atom stereocenters. The molecule has 1 amide bonds. The van der Waals surface area contributed by atoms with Gasteiger partial charge in [-0.05, 0) is 36.8 Å². The van der Waals surface area contributed by atoms with Gasteiger partial charge in [0.25, 0.3) is 0 Å². The van der Waals surface area contributed by atoms with E-state index in [1.165, 1.54) is 29.2 Å². The number of benzene rings is 2. The maximum atomic E-state index is 13.2. The van der Waals surface area contributed by atoms with Crippen LogP contribution in [0.3, 0.4) is 0 Å². The average Bonchev–Trinajstić information content (AvgIpc) is 2.97. The predicted octanol–water partition coefficient (Wildman–Crippen LogP) is 3.47. The van der Waals surface area contributed by atoms with Gasteiger partial charge in [-0.3, -0.25) is 9.69 Å². The number of anilines is 1. The highest BCUT2D eigenvalue weighted by Crippen LogP contribution is 2.41. The van der Waals surface area contributed by atoms with Crippen molar-refractivity contribution in [2.24, 2.45) is 0 Å². The van der Waals surface area contributed by atoms with Gasteiger partial charge in [-0.25, -0.2) is 9.18 Å². The van der Waals surface area contributed by atoms with Gasteiger partial charge < -0.3 is 4.74 Å². The van der Waals surface area contributed by atoms with Gasteiger partial charge in [0.15, 0.2) is 0 Å². The number of cyclic esters (lactones) is 1. The molecule has 2 aliphatic heterocycles. The van der Waals surface area contributed by atoms with E-state index in [1.54, 1.807) is 0 Å². The Kier molecular flexibility index (Phi) is 3.64. The van der Waals surface area contributed by atoms with E-state index >= 15 is 0 Å². The molecular weight excluding hydrogens is 321 g/mol. The molecule has 0 bridgehead atoms. The lowest BCUT2D eigenvalue weighted by Crippen LogP contribution is -2.37. The van der Waals surface area contributed by atoms with Crippen LogP contribution in [0.4, 0.5) is 10.1 Å². The number of rotatable bonds is 2. The van der Waals surface area contributed by atoms with Gasteiger partial charge in [0.2, 0.25) is 5.91 Å². The highest BCUT2D eigenvalue weighted by molar-refractivity contribution is 6.06. The molecule has 126 valence electrons. The first kappa shape index (κ1) is 15.6. The minimum atomic E-state index is -0.388. The first-order valence-electron chi connectivity index (χ1n) is 8.10. The molecule has 0 N–H and O–H groups in total. The predicted molar refractivity (Wildman–Crippen MR) is 90.4 cm³/mol. The lowest BCUT2D eigenvalue weighted by Gasteiger charge is -2.32. The maximum absolute atomic E-state index is 13.2. The summed E-state index contributed by atoms with van der Waals surface area (Å²) >= 11 is 0. The van der Waals surface area contributed by atoms with E-state index in [-0.39, 0.29) is 36.6 Å². The van der Waals surface area contributed by atoms with Crippen molar-refractivity contribution in [1.82, 2.24) is 0 Å². The zero-order chi connectivity index (χ0) is 17.6. The van der Waals surface area contributed by atoms with E-state index in [2.05, 4.69) is 0 Å². The fourth-order valence-corrected chi connectivity index (χ4v) is 3.52. The van der Waals surface area contributed by atoms with Crippen LogP contribution in [-0.2, 0) is 14.3 Å². The van der Waals surface area contributed by atoms with Crippen LogP contribution in [0.2, 0.25) is 0 Å². The number of ether oxygens (including phenoxy) is 1. The van der Waals surface area contributed by atoms with Crippen molar-refractivity contribution < 1.29 is 18.7 Å². The summed E-state index contributed by atoms with van der Waals surface area (Å²) in [5.74, 6) is -1.20. The van der Waals surface area contributed by atoms with Crippen molar-refractivity contribution >= 4 is 17.6 Å². The van der Waals surface area contributed by atoms with Gasteiger partial charge in [0, 0.05) is 18.0 Å². The second-order valence-electron chi connectivity index (χ2n) is 6.31. The first-order chi connectivity index (χ1) is 12.0. The van der Waals surface area contributed by atoms with Crippen molar-refractivity contribution in [2.45, 2.75) is 19.3 Å². The fourth-order valence-electron chi connectivity index (χ4n) is 3.52. The second-order valence-corrected chi connectivity index (χ2v) is 6.31. The summed E-state index contributed by atoms with van der Waals surface area (Å²) < 4.78 is 18.4. The van der Waals surface area contributed by atoms with Gasteiger partial charge in [0.1, 0.15) is 12.4 Å². The molecule has 2 heterocycles. The van der Waals surface area contributed by atoms with Crippen LogP contribution in [0.15, 0.2) is 59.8 Å². The zero-order valence-corrected chi connectivity index (χ0v) is 13.7. The summed E-state index contributed by atoms with van der Waals surface area (Å²) in [6, 6.07) is 13.5. The summed E-state index contributed by atoms with van der Waals surface area (Å²) in [5, 5.41) is 0. The quantitative estimate of drug-likeness (QED) is 0.789. The molecule has 5 heteroatoms. The number of halogens is 1. The van der Waals surface area contributed by atoms with E-state index in [0.717, 1.165) is 11.1 Å². The highest BCUT2D eigenvalue weighted by Gasteiger charge is 2.42. The molecule has 0 saturated heterocycles. The maximum Gasteiger partial charge on any atom is 0.336 e. The van der Waals surface area contributed by atoms with Crippen molar-refractivity contribution in [3.8, 4) is 0 Å². The largest absolute Gasteiger partial charge is 0.456 e. The number of hydrogen-bond donors (Lipinski definition) is 0. The molecule has 0 aliphatic carbocycles. The van der Waals surface area contributed by atoms with Crippen LogP contribution < -0.4 is 4.90 Å². The molecule has 2 aliphatic rings. The molecule has 2 aromatic carbocycles. The molecule has 0 radical (unpaired) electrons. The van der Waals surface area contributed by atoms with Crippen LogP contribution in [0.1, 0.15) is 23.5 Å². The number of aryl methyl sites for hydroxylation is 1. The molecule has 0 fully saturated rings. The first-order valence-corrected chi connectivity index (χ1v) is 8.10. The summed E-state index contributed by atoms with van der Waals surface area (Å²) in [6.07, 6.45) is 0.175. The zero-order valence-electron chi connectivity index (χ0n) is 13.7.